The number of phenolic OH excluding ortho intramolecular Hbond substituents is 1. The van der Waals surface area contributed by atoms with Crippen molar-refractivity contribution >= 4 is 5.91 Å². The zero-order chi connectivity index (χ0) is 18.0. The second-order valence-electron chi connectivity index (χ2n) is 6.38. The number of ether oxygens (including phenoxy) is 1. The van der Waals surface area contributed by atoms with Crippen molar-refractivity contribution in [1.29, 1.82) is 0 Å². The predicted octanol–water partition coefficient (Wildman–Crippen LogP) is 0.603. The SMILES string of the molecule is COCc1nnc2n1[C@@H](C)CN(C(=O)[C@@H](N)Cc1ccc(O)cc1)C2. The van der Waals surface area contributed by atoms with Crippen LogP contribution in [0.2, 0.25) is 0 Å². The molecule has 2 heterocycles. The second kappa shape index (κ2) is 7.20. The van der Waals surface area contributed by atoms with Crippen molar-refractivity contribution in [1.82, 2.24) is 19.7 Å². The molecule has 25 heavy (non-hydrogen) atoms. The number of aromatic hydroxyl groups is 1. The predicted molar refractivity (Wildman–Crippen MR) is 90.6 cm³/mol. The molecule has 3 rings (SSSR count). The molecule has 0 spiro atoms. The Labute approximate surface area is 146 Å². The van der Waals surface area contributed by atoms with Gasteiger partial charge in [0.05, 0.1) is 18.6 Å². The first-order valence-electron chi connectivity index (χ1n) is 8.23. The third-order valence-electron chi connectivity index (χ3n) is 4.39. The molecule has 134 valence electrons. The summed E-state index contributed by atoms with van der Waals surface area (Å²) in [6.45, 7) is 3.37. The molecule has 1 aliphatic rings. The number of hydrogen-bond donors (Lipinski definition) is 2. The van der Waals surface area contributed by atoms with E-state index in [1.165, 1.54) is 0 Å². The number of aromatic nitrogens is 3. The first-order valence-corrected chi connectivity index (χ1v) is 8.23. The fourth-order valence-corrected chi connectivity index (χ4v) is 3.22. The Kier molecular flexibility index (Phi) is 5.00. The molecule has 8 heteroatoms. The van der Waals surface area contributed by atoms with Crippen LogP contribution in [0, 0.1) is 0 Å². The first-order chi connectivity index (χ1) is 12.0. The molecule has 0 unspecified atom stereocenters. The number of nitrogens with zero attached hydrogens (tertiary/aromatic N) is 4. The summed E-state index contributed by atoms with van der Waals surface area (Å²) in [5.41, 5.74) is 7.03. The molecule has 1 aromatic heterocycles. The molecule has 3 N–H and O–H groups in total. The normalized spacial score (nSPS) is 18.0. The van der Waals surface area contributed by atoms with Crippen LogP contribution < -0.4 is 5.73 Å². The maximum atomic E-state index is 12.7. The zero-order valence-corrected chi connectivity index (χ0v) is 14.4. The number of benzene rings is 1. The Morgan fingerprint density at radius 1 is 1.40 bits per heavy atom. The van der Waals surface area contributed by atoms with E-state index in [2.05, 4.69) is 10.2 Å². The maximum absolute atomic E-state index is 12.7. The van der Waals surface area contributed by atoms with Gasteiger partial charge in [-0.25, -0.2) is 0 Å². The molecular weight excluding hydrogens is 322 g/mol. The maximum Gasteiger partial charge on any atom is 0.240 e. The topological polar surface area (TPSA) is 107 Å². The molecule has 0 aliphatic carbocycles. The van der Waals surface area contributed by atoms with Crippen molar-refractivity contribution in [2.75, 3.05) is 13.7 Å². The monoisotopic (exact) mass is 345 g/mol. The van der Waals surface area contributed by atoms with E-state index in [1.807, 2.05) is 11.5 Å². The van der Waals surface area contributed by atoms with Gasteiger partial charge in [0, 0.05) is 13.7 Å². The summed E-state index contributed by atoms with van der Waals surface area (Å²) in [6.07, 6.45) is 0.422. The summed E-state index contributed by atoms with van der Waals surface area (Å²) < 4.78 is 7.17. The summed E-state index contributed by atoms with van der Waals surface area (Å²) in [5.74, 6) is 1.60. The van der Waals surface area contributed by atoms with Crippen LogP contribution >= 0.6 is 0 Å². The molecule has 8 nitrogen and oxygen atoms in total. The van der Waals surface area contributed by atoms with E-state index in [1.54, 1.807) is 36.3 Å². The minimum Gasteiger partial charge on any atom is -0.508 e. The number of phenols is 1. The van der Waals surface area contributed by atoms with Crippen LogP contribution in [0.5, 0.6) is 5.75 Å². The van der Waals surface area contributed by atoms with Gasteiger partial charge >= 0.3 is 0 Å². The van der Waals surface area contributed by atoms with Crippen molar-refractivity contribution in [2.24, 2.45) is 5.73 Å². The molecular formula is C17H23N5O3. The highest BCUT2D eigenvalue weighted by Gasteiger charge is 2.31. The van der Waals surface area contributed by atoms with Gasteiger partial charge in [0.15, 0.2) is 11.6 Å². The molecule has 2 atom stereocenters. The smallest absolute Gasteiger partial charge is 0.240 e. The van der Waals surface area contributed by atoms with E-state index < -0.39 is 6.04 Å². The summed E-state index contributed by atoms with van der Waals surface area (Å²) in [4.78, 5) is 14.5. The number of methoxy groups -OCH3 is 1. The Morgan fingerprint density at radius 3 is 2.80 bits per heavy atom. The van der Waals surface area contributed by atoms with Gasteiger partial charge in [0.25, 0.3) is 0 Å². The molecule has 0 fully saturated rings. The average Bonchev–Trinajstić information content (AvgIpc) is 3.00. The van der Waals surface area contributed by atoms with Gasteiger partial charge in [-0.2, -0.15) is 0 Å². The number of carbonyl (C=O) groups is 1. The lowest BCUT2D eigenvalue weighted by molar-refractivity contribution is -0.134. The standard InChI is InChI=1S/C17H23N5O3/c1-11-8-21(9-15-19-20-16(10-25-2)22(11)15)17(24)14(18)7-12-3-5-13(23)6-4-12/h3-6,11,14,23H,7-10,18H2,1-2H3/t11-,14-/m0/s1. The van der Waals surface area contributed by atoms with Gasteiger partial charge in [-0.1, -0.05) is 12.1 Å². The van der Waals surface area contributed by atoms with Gasteiger partial charge in [-0.05, 0) is 31.0 Å². The third-order valence-corrected chi connectivity index (χ3v) is 4.39. The minimum absolute atomic E-state index is 0.0636. The summed E-state index contributed by atoms with van der Waals surface area (Å²) in [5, 5.41) is 17.7. The molecule has 0 saturated carbocycles. The van der Waals surface area contributed by atoms with Crippen molar-refractivity contribution in [2.45, 2.75) is 38.6 Å². The summed E-state index contributed by atoms with van der Waals surface area (Å²) >= 11 is 0. The Hall–Kier alpha value is -2.45. The van der Waals surface area contributed by atoms with E-state index in [-0.39, 0.29) is 17.7 Å². The Bertz CT molecular complexity index is 743. The van der Waals surface area contributed by atoms with Crippen molar-refractivity contribution < 1.29 is 14.6 Å². The number of amides is 1. The van der Waals surface area contributed by atoms with E-state index in [0.29, 0.717) is 26.1 Å². The van der Waals surface area contributed by atoms with Crippen LogP contribution in [0.15, 0.2) is 24.3 Å². The average molecular weight is 345 g/mol. The highest BCUT2D eigenvalue weighted by atomic mass is 16.5. The van der Waals surface area contributed by atoms with Gasteiger partial charge in [0.1, 0.15) is 12.4 Å². The highest BCUT2D eigenvalue weighted by molar-refractivity contribution is 5.82. The van der Waals surface area contributed by atoms with Gasteiger partial charge < -0.3 is 25.0 Å². The van der Waals surface area contributed by atoms with Crippen molar-refractivity contribution in [3.05, 3.63) is 41.5 Å². The molecule has 1 aromatic carbocycles. The molecule has 0 saturated heterocycles. The van der Waals surface area contributed by atoms with E-state index >= 15 is 0 Å². The molecule has 1 amide bonds. The fourth-order valence-electron chi connectivity index (χ4n) is 3.22. The lowest BCUT2D eigenvalue weighted by Crippen LogP contribution is -2.48. The Morgan fingerprint density at radius 2 is 2.12 bits per heavy atom. The number of fused-ring (bicyclic) bond motifs is 1. The first kappa shape index (κ1) is 17.4. The molecule has 0 bridgehead atoms. The van der Waals surface area contributed by atoms with Gasteiger partial charge in [-0.15, -0.1) is 10.2 Å². The van der Waals surface area contributed by atoms with Crippen LogP contribution in [0.3, 0.4) is 0 Å². The Balaban J connectivity index is 1.69. The molecule has 1 aliphatic heterocycles. The van der Waals surface area contributed by atoms with Crippen LogP contribution in [-0.4, -0.2) is 50.4 Å². The summed E-state index contributed by atoms with van der Waals surface area (Å²) in [6, 6.07) is 6.16. The number of rotatable bonds is 5. The highest BCUT2D eigenvalue weighted by Crippen LogP contribution is 2.22. The van der Waals surface area contributed by atoms with Crippen molar-refractivity contribution in [3.63, 3.8) is 0 Å². The lowest BCUT2D eigenvalue weighted by atomic mass is 10.0. The largest absolute Gasteiger partial charge is 0.508 e. The zero-order valence-electron chi connectivity index (χ0n) is 14.4. The van der Waals surface area contributed by atoms with Gasteiger partial charge in [-0.3, -0.25) is 4.79 Å². The van der Waals surface area contributed by atoms with Crippen LogP contribution in [0.25, 0.3) is 0 Å². The number of carbonyl (C=O) groups excluding carboxylic acids is 1. The van der Waals surface area contributed by atoms with Crippen molar-refractivity contribution in [3.8, 4) is 5.75 Å². The molecule has 2 aromatic rings. The fraction of sp³-hybridized carbons (Fsp3) is 0.471. The van der Waals surface area contributed by atoms with Crippen LogP contribution in [-0.2, 0) is 29.1 Å². The summed E-state index contributed by atoms with van der Waals surface area (Å²) in [7, 11) is 1.62. The number of nitrogens with two attached hydrogens (primary N) is 1. The van der Waals surface area contributed by atoms with Crippen LogP contribution in [0.1, 0.15) is 30.2 Å². The van der Waals surface area contributed by atoms with Gasteiger partial charge in [0.2, 0.25) is 5.91 Å². The number of hydrogen-bond acceptors (Lipinski definition) is 6. The van der Waals surface area contributed by atoms with Crippen LogP contribution in [0.4, 0.5) is 0 Å². The van der Waals surface area contributed by atoms with E-state index in [4.69, 9.17) is 10.5 Å². The van der Waals surface area contributed by atoms with E-state index in [0.717, 1.165) is 17.2 Å². The third kappa shape index (κ3) is 3.64. The molecule has 0 radical (unpaired) electrons. The van der Waals surface area contributed by atoms with E-state index in [9.17, 15) is 9.90 Å². The minimum atomic E-state index is -0.635. The quantitative estimate of drug-likeness (QED) is 0.822. The lowest BCUT2D eigenvalue weighted by Gasteiger charge is -2.34. The second-order valence-corrected chi connectivity index (χ2v) is 6.38.